The zero-order valence-corrected chi connectivity index (χ0v) is 11.1. The molecule has 2 heteroatoms. The molecule has 1 N–H and O–H groups in total. The molecule has 0 aliphatic carbocycles. The van der Waals surface area contributed by atoms with E-state index < -0.39 is 0 Å². The SMILES string of the molecule is CCCCCCCNc1cc(C)ccc1Cl. The second kappa shape index (κ2) is 7.56. The van der Waals surface area contributed by atoms with Crippen molar-refractivity contribution in [3.63, 3.8) is 0 Å². The minimum Gasteiger partial charge on any atom is -0.384 e. The summed E-state index contributed by atoms with van der Waals surface area (Å²) in [5.41, 5.74) is 2.31. The van der Waals surface area contributed by atoms with Gasteiger partial charge in [-0.15, -0.1) is 0 Å². The first kappa shape index (κ1) is 13.4. The van der Waals surface area contributed by atoms with Gasteiger partial charge in [0, 0.05) is 6.54 Å². The largest absolute Gasteiger partial charge is 0.384 e. The summed E-state index contributed by atoms with van der Waals surface area (Å²) in [5, 5.41) is 4.22. The molecule has 0 radical (unpaired) electrons. The van der Waals surface area contributed by atoms with Gasteiger partial charge in [0.05, 0.1) is 10.7 Å². The highest BCUT2D eigenvalue weighted by Crippen LogP contribution is 2.22. The van der Waals surface area contributed by atoms with Crippen LogP contribution >= 0.6 is 11.6 Å². The van der Waals surface area contributed by atoms with Crippen molar-refractivity contribution in [1.82, 2.24) is 0 Å². The Kier molecular flexibility index (Phi) is 6.32. The van der Waals surface area contributed by atoms with E-state index >= 15 is 0 Å². The molecule has 0 heterocycles. The third-order valence-corrected chi connectivity index (χ3v) is 3.05. The Hall–Kier alpha value is -0.690. The van der Waals surface area contributed by atoms with Gasteiger partial charge in [-0.25, -0.2) is 0 Å². The second-order valence-electron chi connectivity index (χ2n) is 4.32. The first-order valence-corrected chi connectivity index (χ1v) is 6.62. The standard InChI is InChI=1S/C14H22ClN/c1-3-4-5-6-7-10-16-14-11-12(2)8-9-13(14)15/h8-9,11,16H,3-7,10H2,1-2H3. The van der Waals surface area contributed by atoms with Crippen LogP contribution < -0.4 is 5.32 Å². The topological polar surface area (TPSA) is 12.0 Å². The van der Waals surface area contributed by atoms with Gasteiger partial charge in [0.2, 0.25) is 0 Å². The minimum absolute atomic E-state index is 0.819. The number of anilines is 1. The summed E-state index contributed by atoms with van der Waals surface area (Å²) in [4.78, 5) is 0. The van der Waals surface area contributed by atoms with Crippen LogP contribution in [0.4, 0.5) is 5.69 Å². The molecule has 0 saturated heterocycles. The Morgan fingerprint density at radius 3 is 2.62 bits per heavy atom. The smallest absolute Gasteiger partial charge is 0.0637 e. The zero-order chi connectivity index (χ0) is 11.8. The van der Waals surface area contributed by atoms with Crippen LogP contribution in [0.2, 0.25) is 5.02 Å². The molecule has 0 aromatic heterocycles. The third-order valence-electron chi connectivity index (χ3n) is 2.72. The molecule has 0 bridgehead atoms. The molecule has 0 aliphatic heterocycles. The van der Waals surface area contributed by atoms with E-state index in [1.807, 2.05) is 12.1 Å². The lowest BCUT2D eigenvalue weighted by molar-refractivity contribution is 0.645. The highest BCUT2D eigenvalue weighted by Gasteiger charge is 1.98. The van der Waals surface area contributed by atoms with Crippen LogP contribution in [-0.4, -0.2) is 6.54 Å². The van der Waals surface area contributed by atoms with E-state index in [-0.39, 0.29) is 0 Å². The van der Waals surface area contributed by atoms with Crippen molar-refractivity contribution >= 4 is 17.3 Å². The maximum absolute atomic E-state index is 6.10. The van der Waals surface area contributed by atoms with Crippen LogP contribution in [0.15, 0.2) is 18.2 Å². The van der Waals surface area contributed by atoms with E-state index in [2.05, 4.69) is 25.2 Å². The van der Waals surface area contributed by atoms with Crippen LogP contribution in [0.1, 0.15) is 44.6 Å². The Labute approximate surface area is 104 Å². The van der Waals surface area contributed by atoms with E-state index in [1.54, 1.807) is 0 Å². The van der Waals surface area contributed by atoms with Crippen molar-refractivity contribution in [3.05, 3.63) is 28.8 Å². The number of halogens is 1. The monoisotopic (exact) mass is 239 g/mol. The summed E-state index contributed by atoms with van der Waals surface area (Å²) in [6.45, 7) is 5.35. The van der Waals surface area contributed by atoms with Gasteiger partial charge in [-0.3, -0.25) is 0 Å². The molecule has 0 amide bonds. The maximum atomic E-state index is 6.10. The predicted molar refractivity (Wildman–Crippen MR) is 73.4 cm³/mol. The lowest BCUT2D eigenvalue weighted by Crippen LogP contribution is -2.02. The molecule has 1 aromatic carbocycles. The van der Waals surface area contributed by atoms with Crippen LogP contribution in [-0.2, 0) is 0 Å². The highest BCUT2D eigenvalue weighted by atomic mass is 35.5. The van der Waals surface area contributed by atoms with Crippen LogP contribution in [0.25, 0.3) is 0 Å². The number of nitrogens with one attached hydrogen (secondary N) is 1. The molecule has 16 heavy (non-hydrogen) atoms. The molecule has 0 spiro atoms. The summed E-state index contributed by atoms with van der Waals surface area (Å²) in [5.74, 6) is 0. The van der Waals surface area contributed by atoms with Gasteiger partial charge in [-0.2, -0.15) is 0 Å². The second-order valence-corrected chi connectivity index (χ2v) is 4.73. The normalized spacial score (nSPS) is 10.4. The van der Waals surface area contributed by atoms with E-state index in [0.29, 0.717) is 0 Å². The fourth-order valence-corrected chi connectivity index (χ4v) is 1.91. The Morgan fingerprint density at radius 2 is 1.88 bits per heavy atom. The number of hydrogen-bond donors (Lipinski definition) is 1. The Bertz CT molecular complexity index is 310. The van der Waals surface area contributed by atoms with Crippen LogP contribution in [0, 0.1) is 6.92 Å². The molecule has 0 saturated carbocycles. The average Bonchev–Trinajstić information content (AvgIpc) is 2.28. The van der Waals surface area contributed by atoms with Crippen LogP contribution in [0.5, 0.6) is 0 Å². The van der Waals surface area contributed by atoms with Crippen molar-refractivity contribution < 1.29 is 0 Å². The van der Waals surface area contributed by atoms with Gasteiger partial charge >= 0.3 is 0 Å². The number of unbranched alkanes of at least 4 members (excludes halogenated alkanes) is 4. The highest BCUT2D eigenvalue weighted by molar-refractivity contribution is 6.33. The first-order valence-electron chi connectivity index (χ1n) is 6.24. The molecule has 1 nitrogen and oxygen atoms in total. The van der Waals surface area contributed by atoms with Gasteiger partial charge in [0.15, 0.2) is 0 Å². The molecule has 1 aromatic rings. The lowest BCUT2D eigenvalue weighted by atomic mass is 10.1. The first-order chi connectivity index (χ1) is 7.74. The van der Waals surface area contributed by atoms with E-state index in [9.17, 15) is 0 Å². The summed E-state index contributed by atoms with van der Waals surface area (Å²) in [6, 6.07) is 6.10. The molecular formula is C14H22ClN. The van der Waals surface area contributed by atoms with Gasteiger partial charge in [0.1, 0.15) is 0 Å². The van der Waals surface area contributed by atoms with Gasteiger partial charge < -0.3 is 5.32 Å². The maximum Gasteiger partial charge on any atom is 0.0637 e. The Morgan fingerprint density at radius 1 is 1.12 bits per heavy atom. The fraction of sp³-hybridized carbons (Fsp3) is 0.571. The molecule has 0 unspecified atom stereocenters. The Balaban J connectivity index is 2.23. The molecule has 1 rings (SSSR count). The third kappa shape index (κ3) is 4.89. The van der Waals surface area contributed by atoms with E-state index in [1.165, 1.54) is 37.7 Å². The average molecular weight is 240 g/mol. The van der Waals surface area contributed by atoms with Crippen LogP contribution in [0.3, 0.4) is 0 Å². The molecule has 0 atom stereocenters. The summed E-state index contributed by atoms with van der Waals surface area (Å²) in [7, 11) is 0. The molecule has 0 fully saturated rings. The number of rotatable bonds is 7. The van der Waals surface area contributed by atoms with Crippen molar-refractivity contribution in [1.29, 1.82) is 0 Å². The molecule has 0 aliphatic rings. The van der Waals surface area contributed by atoms with Gasteiger partial charge in [-0.05, 0) is 31.0 Å². The quantitative estimate of drug-likeness (QED) is 0.658. The van der Waals surface area contributed by atoms with E-state index in [4.69, 9.17) is 11.6 Å². The van der Waals surface area contributed by atoms with Gasteiger partial charge in [0.25, 0.3) is 0 Å². The van der Waals surface area contributed by atoms with E-state index in [0.717, 1.165) is 17.3 Å². The lowest BCUT2D eigenvalue weighted by Gasteiger charge is -2.09. The van der Waals surface area contributed by atoms with Crippen molar-refractivity contribution in [2.45, 2.75) is 46.0 Å². The van der Waals surface area contributed by atoms with Crippen molar-refractivity contribution in [2.75, 3.05) is 11.9 Å². The minimum atomic E-state index is 0.819. The fourth-order valence-electron chi connectivity index (χ4n) is 1.73. The van der Waals surface area contributed by atoms with Gasteiger partial charge in [-0.1, -0.05) is 50.3 Å². The van der Waals surface area contributed by atoms with Crippen molar-refractivity contribution in [2.24, 2.45) is 0 Å². The number of hydrogen-bond acceptors (Lipinski definition) is 1. The van der Waals surface area contributed by atoms with Crippen molar-refractivity contribution in [3.8, 4) is 0 Å². The summed E-state index contributed by atoms with van der Waals surface area (Å²) >= 11 is 6.10. The zero-order valence-electron chi connectivity index (χ0n) is 10.4. The predicted octanol–water partition coefficient (Wildman–Crippen LogP) is 5.03. The number of aryl methyl sites for hydroxylation is 1. The number of benzene rings is 1. The summed E-state index contributed by atoms with van der Waals surface area (Å²) in [6.07, 6.45) is 6.54. The molecular weight excluding hydrogens is 218 g/mol. The molecule has 90 valence electrons. The summed E-state index contributed by atoms with van der Waals surface area (Å²) < 4.78 is 0.